The molecule has 0 aliphatic carbocycles. The Morgan fingerprint density at radius 2 is 1.80 bits per heavy atom. The lowest BCUT2D eigenvalue weighted by molar-refractivity contribution is -0.121. The van der Waals surface area contributed by atoms with Crippen molar-refractivity contribution in [1.29, 1.82) is 0 Å². The van der Waals surface area contributed by atoms with Crippen LogP contribution in [0, 0.1) is 5.92 Å². The number of carbonyl (C=O) groups excluding carboxylic acids is 1. The number of sulfonamides is 1. The van der Waals surface area contributed by atoms with Gasteiger partial charge in [0.25, 0.3) is 10.0 Å². The van der Waals surface area contributed by atoms with Crippen LogP contribution in [0.25, 0.3) is 22.0 Å². The van der Waals surface area contributed by atoms with Crippen LogP contribution in [0.3, 0.4) is 0 Å². The molecule has 3 aromatic rings. The Morgan fingerprint density at radius 3 is 2.52 bits per heavy atom. The van der Waals surface area contributed by atoms with Crippen molar-refractivity contribution in [2.24, 2.45) is 5.92 Å². The zero-order chi connectivity index (χ0) is 28.6. The van der Waals surface area contributed by atoms with Gasteiger partial charge in [-0.25, -0.2) is 13.4 Å². The number of alkyl halides is 2. The van der Waals surface area contributed by atoms with E-state index in [4.69, 9.17) is 9.72 Å². The molecule has 5 rings (SSSR count). The molecule has 2 fully saturated rings. The van der Waals surface area contributed by atoms with Crippen LogP contribution in [-0.2, 0) is 26.0 Å². The van der Waals surface area contributed by atoms with E-state index in [9.17, 15) is 22.0 Å². The average molecular weight is 574 g/mol. The third-order valence-corrected chi connectivity index (χ3v) is 8.87. The van der Waals surface area contributed by atoms with E-state index in [0.29, 0.717) is 5.69 Å². The van der Waals surface area contributed by atoms with Crippen molar-refractivity contribution in [3.05, 3.63) is 54.4 Å². The standard InChI is InChI=1S/C28H33F2N5O4S/c1-17-13-35(40(37,38)28(29)30)16-25(17)33-27(36)11-23-10-22-9-20(7-8-21(22)12-31-23)24-5-4-6-26(32-24)34-14-18(2)39-19(3)15-34/h4-10,12,17-19,25,28H,11,13-16H2,1-3H3,(H,33,36)/t17-,18-,19+,25-/m1/s1. The van der Waals surface area contributed by atoms with E-state index in [0.717, 1.165) is 45.2 Å². The Morgan fingerprint density at radius 1 is 1.05 bits per heavy atom. The van der Waals surface area contributed by atoms with Crippen LogP contribution in [0.15, 0.2) is 48.7 Å². The number of fused-ring (bicyclic) bond motifs is 1. The summed E-state index contributed by atoms with van der Waals surface area (Å²) >= 11 is 0. The molecule has 0 saturated carbocycles. The Balaban J connectivity index is 1.29. The molecule has 1 aromatic carbocycles. The number of halogens is 2. The van der Waals surface area contributed by atoms with Gasteiger partial charge < -0.3 is 15.0 Å². The van der Waals surface area contributed by atoms with Crippen molar-refractivity contribution in [2.45, 2.75) is 51.2 Å². The number of pyridine rings is 2. The number of morpholine rings is 1. The molecule has 0 unspecified atom stereocenters. The van der Waals surface area contributed by atoms with Gasteiger partial charge in [-0.3, -0.25) is 9.78 Å². The van der Waals surface area contributed by atoms with Gasteiger partial charge in [0.15, 0.2) is 0 Å². The lowest BCUT2D eigenvalue weighted by atomic mass is 10.0. The fourth-order valence-electron chi connectivity index (χ4n) is 5.42. The minimum atomic E-state index is -4.68. The minimum absolute atomic E-state index is 0.0217. The van der Waals surface area contributed by atoms with Crippen molar-refractivity contribution in [3.63, 3.8) is 0 Å². The van der Waals surface area contributed by atoms with Crippen LogP contribution >= 0.6 is 0 Å². The monoisotopic (exact) mass is 573 g/mol. The number of anilines is 1. The Labute approximate surface area is 232 Å². The predicted octanol–water partition coefficient (Wildman–Crippen LogP) is 3.44. The molecule has 0 spiro atoms. The summed E-state index contributed by atoms with van der Waals surface area (Å²) in [6.45, 7) is 7.15. The summed E-state index contributed by atoms with van der Waals surface area (Å²) in [4.78, 5) is 24.3. The average Bonchev–Trinajstić information content (AvgIpc) is 3.28. The summed E-state index contributed by atoms with van der Waals surface area (Å²) in [5.74, 6) is -3.23. The molecule has 0 radical (unpaired) electrons. The van der Waals surface area contributed by atoms with Crippen molar-refractivity contribution in [1.82, 2.24) is 19.6 Å². The van der Waals surface area contributed by atoms with Gasteiger partial charge in [-0.2, -0.15) is 13.1 Å². The first-order valence-electron chi connectivity index (χ1n) is 13.3. The van der Waals surface area contributed by atoms with Crippen molar-refractivity contribution in [2.75, 3.05) is 31.1 Å². The SMILES string of the molecule is C[C@@H]1CN(c2cccc(-c3ccc4cnc(CC(=O)N[C@@H]5CN(S(=O)(=O)C(F)F)C[C@H]5C)cc4c3)n2)C[C@H](C)O1. The Hall–Kier alpha value is -3.22. The molecule has 4 atom stereocenters. The summed E-state index contributed by atoms with van der Waals surface area (Å²) in [7, 11) is -4.68. The molecule has 0 bridgehead atoms. The molecular weight excluding hydrogens is 540 g/mol. The molecule has 1 amide bonds. The van der Waals surface area contributed by atoms with Gasteiger partial charge in [-0.05, 0) is 49.4 Å². The first-order valence-corrected chi connectivity index (χ1v) is 14.8. The maximum Gasteiger partial charge on any atom is 0.350 e. The van der Waals surface area contributed by atoms with E-state index in [1.165, 1.54) is 0 Å². The summed E-state index contributed by atoms with van der Waals surface area (Å²) in [6.07, 6.45) is 1.93. The molecule has 9 nitrogen and oxygen atoms in total. The van der Waals surface area contributed by atoms with Crippen LogP contribution in [0.1, 0.15) is 26.5 Å². The Kier molecular flexibility index (Phi) is 8.03. The number of ether oxygens (including phenoxy) is 1. The smallest absolute Gasteiger partial charge is 0.350 e. The van der Waals surface area contributed by atoms with Crippen molar-refractivity contribution in [3.8, 4) is 11.3 Å². The van der Waals surface area contributed by atoms with Crippen molar-refractivity contribution >= 4 is 32.5 Å². The summed E-state index contributed by atoms with van der Waals surface area (Å²) in [5.41, 5.74) is 2.31. The number of nitrogens with zero attached hydrogens (tertiary/aromatic N) is 4. The van der Waals surface area contributed by atoms with Gasteiger partial charge in [0.2, 0.25) is 5.91 Å². The zero-order valence-corrected chi connectivity index (χ0v) is 23.4. The van der Waals surface area contributed by atoms with Crippen LogP contribution in [0.4, 0.5) is 14.6 Å². The quantitative estimate of drug-likeness (QED) is 0.462. The van der Waals surface area contributed by atoms with Gasteiger partial charge in [-0.1, -0.05) is 25.1 Å². The van der Waals surface area contributed by atoms with E-state index >= 15 is 0 Å². The molecule has 40 heavy (non-hydrogen) atoms. The highest BCUT2D eigenvalue weighted by Crippen LogP contribution is 2.27. The third kappa shape index (κ3) is 6.08. The van der Waals surface area contributed by atoms with Gasteiger partial charge in [0.05, 0.1) is 30.0 Å². The van der Waals surface area contributed by atoms with Crippen LogP contribution in [-0.4, -0.2) is 78.8 Å². The zero-order valence-electron chi connectivity index (χ0n) is 22.6. The van der Waals surface area contributed by atoms with E-state index in [1.54, 1.807) is 13.1 Å². The number of aromatic nitrogens is 2. The van der Waals surface area contributed by atoms with E-state index in [2.05, 4.69) is 29.0 Å². The number of nitrogens with one attached hydrogen (secondary N) is 1. The van der Waals surface area contributed by atoms with Gasteiger partial charge in [0, 0.05) is 49.4 Å². The molecule has 4 heterocycles. The number of benzene rings is 1. The third-order valence-electron chi connectivity index (χ3n) is 7.40. The number of amides is 1. The molecule has 2 saturated heterocycles. The van der Waals surface area contributed by atoms with Gasteiger partial charge in [0.1, 0.15) is 5.82 Å². The molecule has 12 heteroatoms. The first kappa shape index (κ1) is 28.3. The van der Waals surface area contributed by atoms with E-state index < -0.39 is 21.8 Å². The second-order valence-corrected chi connectivity index (χ2v) is 12.6. The molecular formula is C28H33F2N5O4S. The first-order chi connectivity index (χ1) is 19.0. The Bertz CT molecular complexity index is 1500. The van der Waals surface area contributed by atoms with Gasteiger partial charge >= 0.3 is 5.76 Å². The number of carbonyl (C=O) groups is 1. The highest BCUT2D eigenvalue weighted by molar-refractivity contribution is 7.89. The largest absolute Gasteiger partial charge is 0.372 e. The maximum absolute atomic E-state index is 12.9. The fourth-order valence-corrected chi connectivity index (χ4v) is 6.46. The number of hydrogen-bond acceptors (Lipinski definition) is 7. The predicted molar refractivity (Wildman–Crippen MR) is 148 cm³/mol. The van der Waals surface area contributed by atoms with E-state index in [-0.39, 0.29) is 43.5 Å². The number of hydrogen-bond donors (Lipinski definition) is 1. The molecule has 2 aliphatic rings. The maximum atomic E-state index is 12.9. The summed E-state index contributed by atoms with van der Waals surface area (Å²) < 4.78 is 56.1. The number of rotatable bonds is 7. The summed E-state index contributed by atoms with van der Waals surface area (Å²) in [5, 5.41) is 4.61. The van der Waals surface area contributed by atoms with Crippen LogP contribution in [0.2, 0.25) is 0 Å². The molecule has 1 N–H and O–H groups in total. The second kappa shape index (κ2) is 11.3. The van der Waals surface area contributed by atoms with Gasteiger partial charge in [-0.15, -0.1) is 0 Å². The highest BCUT2D eigenvalue weighted by Gasteiger charge is 2.41. The highest BCUT2D eigenvalue weighted by atomic mass is 32.2. The lowest BCUT2D eigenvalue weighted by Crippen LogP contribution is -2.45. The normalized spacial score (nSPS) is 24.1. The van der Waals surface area contributed by atoms with Crippen LogP contribution < -0.4 is 10.2 Å². The molecule has 2 aliphatic heterocycles. The van der Waals surface area contributed by atoms with Crippen LogP contribution in [0.5, 0.6) is 0 Å². The second-order valence-electron chi connectivity index (χ2n) is 10.7. The summed E-state index contributed by atoms with van der Waals surface area (Å²) in [6, 6.07) is 13.2. The fraction of sp³-hybridized carbons (Fsp3) is 0.464. The molecule has 214 valence electrons. The minimum Gasteiger partial charge on any atom is -0.372 e. The molecule has 2 aromatic heterocycles. The van der Waals surface area contributed by atoms with E-state index in [1.807, 2.05) is 42.5 Å². The topological polar surface area (TPSA) is 105 Å². The van der Waals surface area contributed by atoms with Crippen molar-refractivity contribution < 1.29 is 26.7 Å². The lowest BCUT2D eigenvalue weighted by Gasteiger charge is -2.36.